The van der Waals surface area contributed by atoms with Crippen LogP contribution in [0.2, 0.25) is 0 Å². The van der Waals surface area contributed by atoms with Crippen molar-refractivity contribution in [3.8, 4) is 0 Å². The van der Waals surface area contributed by atoms with Gasteiger partial charge in [0.05, 0.1) is 25.9 Å². The second kappa shape index (κ2) is 15.0. The van der Waals surface area contributed by atoms with Crippen molar-refractivity contribution in [2.24, 2.45) is 0 Å². The third-order valence-corrected chi connectivity index (χ3v) is 8.16. The van der Waals surface area contributed by atoms with Crippen molar-refractivity contribution in [1.29, 1.82) is 0 Å². The lowest BCUT2D eigenvalue weighted by molar-refractivity contribution is -0.385. The molecular formula is C24H42O20. The Morgan fingerprint density at radius 1 is 0.409 bits per heavy atom. The van der Waals surface area contributed by atoms with Crippen LogP contribution < -0.4 is 0 Å². The van der Waals surface area contributed by atoms with Gasteiger partial charge in [-0.15, -0.1) is 0 Å². The monoisotopic (exact) mass is 650 g/mol. The summed E-state index contributed by atoms with van der Waals surface area (Å²) in [6, 6.07) is 0. The Morgan fingerprint density at radius 3 is 1.32 bits per heavy atom. The molecule has 13 N–H and O–H groups in total. The molecule has 0 aromatic carbocycles. The molecule has 4 unspecified atom stereocenters. The van der Waals surface area contributed by atoms with E-state index in [0.29, 0.717) is 0 Å². The summed E-state index contributed by atoms with van der Waals surface area (Å²) in [4.78, 5) is 0. The maximum Gasteiger partial charge on any atom is 0.187 e. The maximum absolute atomic E-state index is 10.8. The second-order valence-corrected chi connectivity index (χ2v) is 11.1. The fourth-order valence-corrected chi connectivity index (χ4v) is 5.52. The smallest absolute Gasteiger partial charge is 0.187 e. The van der Waals surface area contributed by atoms with Crippen LogP contribution in [0.4, 0.5) is 0 Å². The van der Waals surface area contributed by atoms with Gasteiger partial charge < -0.3 is 99.5 Å². The van der Waals surface area contributed by atoms with Crippen LogP contribution in [0.25, 0.3) is 0 Å². The minimum atomic E-state index is -1.94. The van der Waals surface area contributed by atoms with Crippen molar-refractivity contribution in [1.82, 2.24) is 0 Å². The molecule has 20 heteroatoms. The van der Waals surface area contributed by atoms with Gasteiger partial charge >= 0.3 is 0 Å². The summed E-state index contributed by atoms with van der Waals surface area (Å²) >= 11 is 0. The largest absolute Gasteiger partial charge is 0.394 e. The molecule has 0 bridgehead atoms. The molecule has 4 heterocycles. The Balaban J connectivity index is 1.40. The van der Waals surface area contributed by atoms with E-state index in [2.05, 4.69) is 0 Å². The summed E-state index contributed by atoms with van der Waals surface area (Å²) in [6.45, 7) is -1.00. The molecule has 0 aliphatic carbocycles. The minimum absolute atomic E-state index is 0.759. The van der Waals surface area contributed by atoms with E-state index in [0.717, 1.165) is 0 Å². The van der Waals surface area contributed by atoms with E-state index in [1.807, 2.05) is 0 Å². The number of aliphatic hydroxyl groups excluding tert-OH is 13. The summed E-state index contributed by atoms with van der Waals surface area (Å²) in [5, 5.41) is 132. The third-order valence-electron chi connectivity index (χ3n) is 8.16. The molecular weight excluding hydrogens is 608 g/mol. The van der Waals surface area contributed by atoms with Gasteiger partial charge in [-0.3, -0.25) is 0 Å². The van der Waals surface area contributed by atoms with E-state index < -0.39 is 143 Å². The van der Waals surface area contributed by atoms with Crippen LogP contribution in [0.5, 0.6) is 0 Å². The van der Waals surface area contributed by atoms with Crippen molar-refractivity contribution in [2.45, 2.75) is 130 Å². The molecule has 0 amide bonds. The van der Waals surface area contributed by atoms with Crippen molar-refractivity contribution in [3.05, 3.63) is 0 Å². The predicted octanol–water partition coefficient (Wildman–Crippen LogP) is -8.72. The van der Waals surface area contributed by atoms with Crippen LogP contribution in [-0.2, 0) is 33.2 Å². The summed E-state index contributed by atoms with van der Waals surface area (Å²) < 4.78 is 38.0. The van der Waals surface area contributed by atoms with Gasteiger partial charge in [0.2, 0.25) is 0 Å². The SMILES string of the molecule is C[C@@H]1OC(O[C@H]2[C@H](O)[C@@H](O)C(O)O[C@@H]2CO)[C@@H](O)[C@H](O)[C@@H]1OC1O[C@H](CO)[C@H](OC2O[C@H](CO)[C@@H](O)[C@H](O)[C@H]2O)[C@H](O)[C@H]1O. The highest BCUT2D eigenvalue weighted by Crippen LogP contribution is 2.34. The molecule has 4 rings (SSSR count). The molecule has 0 radical (unpaired) electrons. The van der Waals surface area contributed by atoms with Gasteiger partial charge in [-0.1, -0.05) is 0 Å². The van der Waals surface area contributed by atoms with Gasteiger partial charge in [-0.25, -0.2) is 0 Å². The molecule has 20 atom stereocenters. The molecule has 20 nitrogen and oxygen atoms in total. The highest BCUT2D eigenvalue weighted by molar-refractivity contribution is 4.97. The van der Waals surface area contributed by atoms with Crippen LogP contribution >= 0.6 is 0 Å². The average Bonchev–Trinajstić information content (AvgIpc) is 3.00. The molecule has 258 valence electrons. The Morgan fingerprint density at radius 2 is 0.795 bits per heavy atom. The summed E-state index contributed by atoms with van der Waals surface area (Å²) in [6.07, 6.45) is -33.4. The zero-order valence-electron chi connectivity index (χ0n) is 23.3. The standard InChI is InChI=1S/C24H42O20/c1-5-18(12(31)16(35)22(38-5)43-19-7(3-26)39-21(37)14(33)11(19)30)42-24-17(36)13(32)20(8(4-27)41-24)44-23-15(34)10(29)9(28)6(2-25)40-23/h5-37H,2-4H2,1H3/t5-,6+,7+,8+,9+,10-,11+,12-,13+,14+,15+,16-,17+,18+,19+,20-,21?,22?,23?,24?/m0/s1. The van der Waals surface area contributed by atoms with Crippen molar-refractivity contribution >= 4 is 0 Å². The highest BCUT2D eigenvalue weighted by atomic mass is 16.8. The molecule has 0 saturated carbocycles. The fourth-order valence-electron chi connectivity index (χ4n) is 5.52. The van der Waals surface area contributed by atoms with E-state index in [1.54, 1.807) is 0 Å². The average molecular weight is 651 g/mol. The second-order valence-electron chi connectivity index (χ2n) is 11.1. The number of ether oxygens (including phenoxy) is 7. The van der Waals surface area contributed by atoms with Gasteiger partial charge in [0.15, 0.2) is 25.2 Å². The topological polar surface area (TPSA) is 328 Å². The van der Waals surface area contributed by atoms with Gasteiger partial charge in [-0.05, 0) is 6.92 Å². The fraction of sp³-hybridized carbons (Fsp3) is 1.00. The first kappa shape index (κ1) is 36.0. The van der Waals surface area contributed by atoms with E-state index in [4.69, 9.17) is 33.2 Å². The first-order valence-electron chi connectivity index (χ1n) is 14.0. The molecule has 0 spiro atoms. The highest BCUT2D eigenvalue weighted by Gasteiger charge is 2.54. The first-order valence-corrected chi connectivity index (χ1v) is 14.0. The van der Waals surface area contributed by atoms with Crippen molar-refractivity contribution in [2.75, 3.05) is 19.8 Å². The Kier molecular flexibility index (Phi) is 12.3. The summed E-state index contributed by atoms with van der Waals surface area (Å²) in [5.41, 5.74) is 0. The quantitative estimate of drug-likeness (QED) is 0.110. The summed E-state index contributed by atoms with van der Waals surface area (Å²) in [7, 11) is 0. The molecule has 4 aliphatic heterocycles. The Hall–Kier alpha value is -0.800. The van der Waals surface area contributed by atoms with E-state index in [-0.39, 0.29) is 0 Å². The zero-order valence-corrected chi connectivity index (χ0v) is 23.3. The van der Waals surface area contributed by atoms with Crippen LogP contribution in [0.1, 0.15) is 6.92 Å². The Labute approximate surface area is 249 Å². The Bertz CT molecular complexity index is 896. The van der Waals surface area contributed by atoms with Crippen molar-refractivity contribution < 1.29 is 99.5 Å². The lowest BCUT2D eigenvalue weighted by atomic mass is 9.96. The number of aliphatic hydroxyl groups is 13. The molecule has 44 heavy (non-hydrogen) atoms. The van der Waals surface area contributed by atoms with Crippen LogP contribution in [0, 0.1) is 0 Å². The van der Waals surface area contributed by atoms with Gasteiger partial charge in [-0.2, -0.15) is 0 Å². The predicted molar refractivity (Wildman–Crippen MR) is 132 cm³/mol. The van der Waals surface area contributed by atoms with Crippen LogP contribution in [0.3, 0.4) is 0 Å². The number of rotatable bonds is 9. The van der Waals surface area contributed by atoms with E-state index >= 15 is 0 Å². The lowest BCUT2D eigenvalue weighted by Crippen LogP contribution is -2.67. The molecule has 0 aromatic heterocycles. The third kappa shape index (κ3) is 7.05. The van der Waals surface area contributed by atoms with Crippen molar-refractivity contribution in [3.63, 3.8) is 0 Å². The van der Waals surface area contributed by atoms with Crippen LogP contribution in [-0.4, -0.2) is 209 Å². The van der Waals surface area contributed by atoms with Gasteiger partial charge in [0, 0.05) is 0 Å². The molecule has 4 aliphatic rings. The maximum atomic E-state index is 10.8. The van der Waals surface area contributed by atoms with E-state index in [9.17, 15) is 66.4 Å². The minimum Gasteiger partial charge on any atom is -0.394 e. The lowest BCUT2D eigenvalue weighted by Gasteiger charge is -2.48. The normalized spacial score (nSPS) is 53.9. The number of hydrogen-bond acceptors (Lipinski definition) is 20. The number of hydrogen-bond donors (Lipinski definition) is 13. The molecule has 0 aromatic rings. The zero-order chi connectivity index (χ0) is 32.6. The van der Waals surface area contributed by atoms with Gasteiger partial charge in [0.25, 0.3) is 0 Å². The van der Waals surface area contributed by atoms with Crippen LogP contribution in [0.15, 0.2) is 0 Å². The van der Waals surface area contributed by atoms with E-state index in [1.165, 1.54) is 6.92 Å². The first-order chi connectivity index (χ1) is 20.7. The summed E-state index contributed by atoms with van der Waals surface area (Å²) in [5.74, 6) is 0. The molecule has 4 fully saturated rings. The van der Waals surface area contributed by atoms with Gasteiger partial charge in [0.1, 0.15) is 91.6 Å². The molecule has 4 saturated heterocycles.